The molecule has 0 atom stereocenters. The third kappa shape index (κ3) is 4.35. The van der Waals surface area contributed by atoms with Crippen LogP contribution >= 0.6 is 27.7 Å². The average Bonchev–Trinajstić information content (AvgIpc) is 2.47. The van der Waals surface area contributed by atoms with E-state index in [0.29, 0.717) is 23.7 Å². The largest absolute Gasteiger partial charge is 0.463 e. The molecule has 1 aromatic heterocycles. The number of benzene rings is 1. The zero-order valence-corrected chi connectivity index (χ0v) is 13.7. The van der Waals surface area contributed by atoms with Gasteiger partial charge >= 0.3 is 6.01 Å². The molecule has 0 aliphatic rings. The number of hydrogen-bond donors (Lipinski definition) is 1. The van der Waals surface area contributed by atoms with E-state index < -0.39 is 0 Å². The van der Waals surface area contributed by atoms with Crippen molar-refractivity contribution in [1.29, 1.82) is 0 Å². The van der Waals surface area contributed by atoms with Crippen LogP contribution in [0.15, 0.2) is 38.8 Å². The van der Waals surface area contributed by atoms with Gasteiger partial charge in [-0.05, 0) is 42.4 Å². The lowest BCUT2D eigenvalue weighted by atomic mass is 10.4. The molecule has 1 N–H and O–H groups in total. The van der Waals surface area contributed by atoms with E-state index in [4.69, 9.17) is 4.74 Å². The third-order valence-electron chi connectivity index (χ3n) is 2.28. The number of aromatic nitrogens is 3. The number of anilines is 1. The number of rotatable bonds is 6. The Labute approximate surface area is 130 Å². The zero-order valence-electron chi connectivity index (χ0n) is 11.3. The van der Waals surface area contributed by atoms with Crippen LogP contribution in [0.4, 0.5) is 5.95 Å². The van der Waals surface area contributed by atoms with Gasteiger partial charge in [-0.1, -0.05) is 22.9 Å². The van der Waals surface area contributed by atoms with Gasteiger partial charge < -0.3 is 10.1 Å². The Morgan fingerprint density at radius 1 is 1.20 bits per heavy atom. The van der Waals surface area contributed by atoms with Crippen molar-refractivity contribution in [3.63, 3.8) is 0 Å². The Hall–Kier alpha value is -1.34. The van der Waals surface area contributed by atoms with Crippen molar-refractivity contribution in [3.8, 4) is 6.01 Å². The fourth-order valence-corrected chi connectivity index (χ4v) is 2.36. The Bertz CT molecular complexity index is 565. The van der Waals surface area contributed by atoms with Gasteiger partial charge in [0.25, 0.3) is 0 Å². The molecule has 0 saturated carbocycles. The SMILES string of the molecule is CCCOc1nc(NC)nc(Sc2ccc(Br)cc2)n1. The second-order valence-electron chi connectivity index (χ2n) is 3.88. The Kier molecular flexibility index (Phi) is 5.60. The molecule has 0 radical (unpaired) electrons. The molecular weight excluding hydrogens is 340 g/mol. The minimum absolute atomic E-state index is 0.353. The highest BCUT2D eigenvalue weighted by Crippen LogP contribution is 2.27. The van der Waals surface area contributed by atoms with Crippen LogP contribution in [-0.2, 0) is 0 Å². The van der Waals surface area contributed by atoms with Crippen LogP contribution in [-0.4, -0.2) is 28.6 Å². The molecule has 0 bridgehead atoms. The predicted octanol–water partition coefficient (Wildman–Crippen LogP) is 3.62. The summed E-state index contributed by atoms with van der Waals surface area (Å²) in [5.41, 5.74) is 0. The summed E-state index contributed by atoms with van der Waals surface area (Å²) in [6.07, 6.45) is 0.912. The van der Waals surface area contributed by atoms with E-state index in [-0.39, 0.29) is 0 Å². The summed E-state index contributed by atoms with van der Waals surface area (Å²) >= 11 is 4.88. The van der Waals surface area contributed by atoms with Gasteiger partial charge in [0.05, 0.1) is 6.61 Å². The summed E-state index contributed by atoms with van der Waals surface area (Å²) in [6, 6.07) is 8.33. The van der Waals surface area contributed by atoms with Gasteiger partial charge in [0.15, 0.2) is 0 Å². The average molecular weight is 355 g/mol. The van der Waals surface area contributed by atoms with Crippen molar-refractivity contribution in [2.45, 2.75) is 23.4 Å². The van der Waals surface area contributed by atoms with Gasteiger partial charge in [0, 0.05) is 16.4 Å². The summed E-state index contributed by atoms with van der Waals surface area (Å²) in [6.45, 7) is 2.63. The molecule has 5 nitrogen and oxygen atoms in total. The molecule has 0 amide bonds. The fraction of sp³-hybridized carbons (Fsp3) is 0.308. The van der Waals surface area contributed by atoms with E-state index in [1.165, 1.54) is 11.8 Å². The summed E-state index contributed by atoms with van der Waals surface area (Å²) in [5.74, 6) is 0.505. The van der Waals surface area contributed by atoms with E-state index >= 15 is 0 Å². The van der Waals surface area contributed by atoms with Crippen molar-refractivity contribution in [3.05, 3.63) is 28.7 Å². The van der Waals surface area contributed by atoms with Crippen LogP contribution < -0.4 is 10.1 Å². The predicted molar refractivity (Wildman–Crippen MR) is 83.4 cm³/mol. The molecule has 7 heteroatoms. The molecule has 2 aromatic rings. The highest BCUT2D eigenvalue weighted by atomic mass is 79.9. The highest BCUT2D eigenvalue weighted by molar-refractivity contribution is 9.10. The van der Waals surface area contributed by atoms with E-state index in [0.717, 1.165) is 15.8 Å². The quantitative estimate of drug-likeness (QED) is 0.854. The lowest BCUT2D eigenvalue weighted by Gasteiger charge is -2.07. The smallest absolute Gasteiger partial charge is 0.322 e. The van der Waals surface area contributed by atoms with Crippen LogP contribution in [0.3, 0.4) is 0 Å². The second kappa shape index (κ2) is 7.44. The molecule has 1 aromatic carbocycles. The van der Waals surface area contributed by atoms with E-state index in [1.54, 1.807) is 7.05 Å². The standard InChI is InChI=1S/C13H15BrN4OS/c1-3-8-19-12-16-11(15-2)17-13(18-12)20-10-6-4-9(14)5-7-10/h4-7H,3,8H2,1-2H3,(H,15,16,17,18). The molecule has 2 rings (SSSR count). The maximum atomic E-state index is 5.47. The van der Waals surface area contributed by atoms with Crippen LogP contribution in [0.5, 0.6) is 6.01 Å². The van der Waals surface area contributed by atoms with Gasteiger partial charge in [0.1, 0.15) is 0 Å². The van der Waals surface area contributed by atoms with Crippen LogP contribution in [0.2, 0.25) is 0 Å². The summed E-state index contributed by atoms with van der Waals surface area (Å²) in [4.78, 5) is 13.8. The van der Waals surface area contributed by atoms with Crippen molar-refractivity contribution < 1.29 is 4.74 Å². The Balaban J connectivity index is 2.19. The monoisotopic (exact) mass is 354 g/mol. The summed E-state index contributed by atoms with van der Waals surface area (Å²) in [5, 5.41) is 3.53. The molecule has 106 valence electrons. The van der Waals surface area contributed by atoms with Crippen molar-refractivity contribution in [2.24, 2.45) is 0 Å². The molecule has 1 heterocycles. The first-order chi connectivity index (χ1) is 9.71. The molecule has 0 fully saturated rings. The maximum Gasteiger partial charge on any atom is 0.322 e. The normalized spacial score (nSPS) is 10.3. The Morgan fingerprint density at radius 2 is 1.95 bits per heavy atom. The first kappa shape index (κ1) is 15.1. The second-order valence-corrected chi connectivity index (χ2v) is 5.83. The summed E-state index contributed by atoms with van der Waals surface area (Å²) in [7, 11) is 1.77. The number of halogens is 1. The van der Waals surface area contributed by atoms with Crippen LogP contribution in [0.25, 0.3) is 0 Å². The number of nitrogens with one attached hydrogen (secondary N) is 1. The van der Waals surface area contributed by atoms with Crippen molar-refractivity contribution >= 4 is 33.6 Å². The molecule has 0 aliphatic carbocycles. The maximum absolute atomic E-state index is 5.47. The molecule has 20 heavy (non-hydrogen) atoms. The van der Waals surface area contributed by atoms with E-state index in [2.05, 4.69) is 36.2 Å². The molecule has 0 saturated heterocycles. The van der Waals surface area contributed by atoms with Gasteiger partial charge in [-0.25, -0.2) is 0 Å². The molecule has 0 unspecified atom stereocenters. The minimum atomic E-state index is 0.353. The first-order valence-corrected chi connectivity index (χ1v) is 7.82. The summed E-state index contributed by atoms with van der Waals surface area (Å²) < 4.78 is 6.51. The highest BCUT2D eigenvalue weighted by Gasteiger charge is 2.08. The lowest BCUT2D eigenvalue weighted by Crippen LogP contribution is -2.05. The third-order valence-corrected chi connectivity index (χ3v) is 3.68. The number of nitrogens with zero attached hydrogens (tertiary/aromatic N) is 3. The molecule has 0 spiro atoms. The lowest BCUT2D eigenvalue weighted by molar-refractivity contribution is 0.288. The van der Waals surface area contributed by atoms with Gasteiger partial charge in [-0.15, -0.1) is 0 Å². The van der Waals surface area contributed by atoms with Gasteiger partial charge in [-0.3, -0.25) is 0 Å². The van der Waals surface area contributed by atoms with Crippen molar-refractivity contribution in [2.75, 3.05) is 19.0 Å². The topological polar surface area (TPSA) is 59.9 Å². The van der Waals surface area contributed by atoms with E-state index in [1.807, 2.05) is 31.2 Å². The minimum Gasteiger partial charge on any atom is -0.463 e. The van der Waals surface area contributed by atoms with E-state index in [9.17, 15) is 0 Å². The van der Waals surface area contributed by atoms with Crippen LogP contribution in [0.1, 0.15) is 13.3 Å². The Morgan fingerprint density at radius 3 is 2.60 bits per heavy atom. The first-order valence-electron chi connectivity index (χ1n) is 6.21. The number of ether oxygens (including phenoxy) is 1. The molecule has 0 aliphatic heterocycles. The van der Waals surface area contributed by atoms with Crippen LogP contribution in [0, 0.1) is 0 Å². The van der Waals surface area contributed by atoms with Gasteiger partial charge in [0.2, 0.25) is 11.1 Å². The molecular formula is C13H15BrN4OS. The number of hydrogen-bond acceptors (Lipinski definition) is 6. The fourth-order valence-electron chi connectivity index (χ4n) is 1.36. The zero-order chi connectivity index (χ0) is 14.4. The van der Waals surface area contributed by atoms with Crippen molar-refractivity contribution in [1.82, 2.24) is 15.0 Å². The van der Waals surface area contributed by atoms with Gasteiger partial charge in [-0.2, -0.15) is 15.0 Å².